The summed E-state index contributed by atoms with van der Waals surface area (Å²) in [6.45, 7) is -3.06. The van der Waals surface area contributed by atoms with Gasteiger partial charge < -0.3 is 14.8 Å². The van der Waals surface area contributed by atoms with Crippen molar-refractivity contribution in [2.45, 2.75) is 26.0 Å². The molecule has 12 heteroatoms. The van der Waals surface area contributed by atoms with Gasteiger partial charge >= 0.3 is 6.61 Å². The lowest BCUT2D eigenvalue weighted by molar-refractivity contribution is -0.385. The number of nitrogens with zero attached hydrogens (tertiary/aromatic N) is 2. The van der Waals surface area contributed by atoms with E-state index < -0.39 is 28.9 Å². The number of imide groups is 1. The van der Waals surface area contributed by atoms with Crippen LogP contribution < -0.4 is 14.8 Å². The second-order valence-electron chi connectivity index (χ2n) is 7.09. The van der Waals surface area contributed by atoms with Crippen molar-refractivity contribution in [3.05, 3.63) is 63.7 Å². The van der Waals surface area contributed by atoms with Crippen molar-refractivity contribution < 1.29 is 37.6 Å². The minimum atomic E-state index is -3.21. The summed E-state index contributed by atoms with van der Waals surface area (Å²) < 4.78 is 34.3. The van der Waals surface area contributed by atoms with E-state index in [1.54, 1.807) is 24.3 Å². The van der Waals surface area contributed by atoms with Gasteiger partial charge in [0, 0.05) is 24.6 Å². The lowest BCUT2D eigenvalue weighted by atomic mass is 10.1. The number of nitro groups is 1. The number of benzene rings is 2. The molecule has 1 heterocycles. The average molecular weight is 475 g/mol. The normalized spacial score (nSPS) is 13.6. The number of halogens is 2. The zero-order valence-corrected chi connectivity index (χ0v) is 17.8. The lowest BCUT2D eigenvalue weighted by Crippen LogP contribution is -2.28. The summed E-state index contributed by atoms with van der Waals surface area (Å²) in [5.74, 6) is -1.75. The molecule has 1 aliphatic heterocycles. The zero-order valence-electron chi connectivity index (χ0n) is 17.8. The van der Waals surface area contributed by atoms with Gasteiger partial charge in [0.1, 0.15) is 0 Å². The topological polar surface area (TPSA) is 128 Å². The number of methoxy groups -OCH3 is 1. The number of alkyl halides is 2. The molecule has 0 atom stereocenters. The van der Waals surface area contributed by atoms with E-state index in [-0.39, 0.29) is 42.5 Å². The van der Waals surface area contributed by atoms with Crippen LogP contribution in [0.25, 0.3) is 6.08 Å². The maximum absolute atomic E-state index is 12.5. The number of anilines is 1. The van der Waals surface area contributed by atoms with E-state index >= 15 is 0 Å². The molecule has 1 N–H and O–H groups in total. The first kappa shape index (κ1) is 24.3. The number of likely N-dealkylation sites (tertiary alicyclic amines) is 1. The summed E-state index contributed by atoms with van der Waals surface area (Å²) in [5, 5.41) is 13.9. The summed E-state index contributed by atoms with van der Waals surface area (Å²) in [5.41, 5.74) is 0.487. The number of nitrogens with one attached hydrogen (secondary N) is 1. The third-order valence-corrected chi connectivity index (χ3v) is 4.86. The highest BCUT2D eigenvalue weighted by molar-refractivity contribution is 6.02. The van der Waals surface area contributed by atoms with Crippen molar-refractivity contribution >= 4 is 35.2 Å². The molecular formula is C22H19F2N3O7. The standard InChI is InChI=1S/C22H19F2N3O7/c1-33-17-10-14(16(27(31)32)11-18(17)34-22(23)24)4-7-19(28)25-15-5-2-13(3-6-15)12-26-20(29)8-9-21(26)30/h2-7,10-11,22H,8-9,12H2,1H3,(H,25,28)/b7-4+. The van der Waals surface area contributed by atoms with Gasteiger partial charge in [-0.2, -0.15) is 8.78 Å². The predicted molar refractivity (Wildman–Crippen MR) is 115 cm³/mol. The van der Waals surface area contributed by atoms with E-state index in [1.807, 2.05) is 0 Å². The van der Waals surface area contributed by atoms with Gasteiger partial charge in [0.15, 0.2) is 11.5 Å². The predicted octanol–water partition coefficient (Wildman–Crippen LogP) is 3.51. The van der Waals surface area contributed by atoms with E-state index in [0.29, 0.717) is 11.3 Å². The monoisotopic (exact) mass is 475 g/mol. The molecule has 0 aromatic heterocycles. The van der Waals surface area contributed by atoms with Crippen LogP contribution in [-0.2, 0) is 20.9 Å². The van der Waals surface area contributed by atoms with Crippen molar-refractivity contribution in [3.63, 3.8) is 0 Å². The quantitative estimate of drug-likeness (QED) is 0.254. The largest absolute Gasteiger partial charge is 0.493 e. The highest BCUT2D eigenvalue weighted by atomic mass is 19.3. The smallest absolute Gasteiger partial charge is 0.387 e. The molecule has 0 bridgehead atoms. The second-order valence-corrected chi connectivity index (χ2v) is 7.09. The minimum absolute atomic E-state index is 0.0612. The van der Waals surface area contributed by atoms with Gasteiger partial charge in [0.2, 0.25) is 17.7 Å². The Balaban J connectivity index is 1.70. The number of ether oxygens (including phenoxy) is 2. The molecule has 0 radical (unpaired) electrons. The Hall–Kier alpha value is -4.35. The van der Waals surface area contributed by atoms with Crippen molar-refractivity contribution in [2.24, 2.45) is 0 Å². The summed E-state index contributed by atoms with van der Waals surface area (Å²) in [6.07, 6.45) is 2.57. The van der Waals surface area contributed by atoms with E-state index in [0.717, 1.165) is 24.3 Å². The Bertz CT molecular complexity index is 1130. The number of hydrogen-bond donors (Lipinski definition) is 1. The van der Waals surface area contributed by atoms with Crippen LogP contribution in [0.5, 0.6) is 11.5 Å². The van der Waals surface area contributed by atoms with Gasteiger partial charge in [-0.1, -0.05) is 12.1 Å². The highest BCUT2D eigenvalue weighted by Crippen LogP contribution is 2.36. The summed E-state index contributed by atoms with van der Waals surface area (Å²) in [7, 11) is 1.18. The van der Waals surface area contributed by atoms with Crippen molar-refractivity contribution in [3.8, 4) is 11.5 Å². The molecule has 0 saturated carbocycles. The highest BCUT2D eigenvalue weighted by Gasteiger charge is 2.28. The molecule has 0 aliphatic carbocycles. The molecule has 3 amide bonds. The molecule has 1 saturated heterocycles. The molecule has 1 aliphatic rings. The van der Waals surface area contributed by atoms with Crippen molar-refractivity contribution in [2.75, 3.05) is 12.4 Å². The van der Waals surface area contributed by atoms with Crippen molar-refractivity contribution in [1.29, 1.82) is 0 Å². The van der Waals surface area contributed by atoms with Crippen molar-refractivity contribution in [1.82, 2.24) is 4.90 Å². The number of rotatable bonds is 9. The maximum atomic E-state index is 12.5. The second kappa shape index (κ2) is 10.5. The van der Waals surface area contributed by atoms with Crippen LogP contribution in [0, 0.1) is 10.1 Å². The van der Waals surface area contributed by atoms with E-state index in [9.17, 15) is 33.3 Å². The molecule has 0 unspecified atom stereocenters. The summed E-state index contributed by atoms with van der Waals surface area (Å²) >= 11 is 0. The number of nitro benzene ring substituents is 1. The van der Waals surface area contributed by atoms with E-state index in [4.69, 9.17) is 4.74 Å². The first-order chi connectivity index (χ1) is 16.2. The first-order valence-electron chi connectivity index (χ1n) is 9.90. The molecule has 2 aromatic rings. The number of amides is 3. The van der Waals surface area contributed by atoms with Crippen LogP contribution in [0.1, 0.15) is 24.0 Å². The van der Waals surface area contributed by atoms with E-state index in [1.165, 1.54) is 12.0 Å². The Morgan fingerprint density at radius 2 is 1.82 bits per heavy atom. The van der Waals surface area contributed by atoms with Crippen LogP contribution in [0.15, 0.2) is 42.5 Å². The molecule has 178 valence electrons. The van der Waals surface area contributed by atoms with Crippen LogP contribution >= 0.6 is 0 Å². The Morgan fingerprint density at radius 1 is 1.18 bits per heavy atom. The number of carbonyl (C=O) groups is 3. The molecule has 0 spiro atoms. The first-order valence-corrected chi connectivity index (χ1v) is 9.90. The molecule has 3 rings (SSSR count). The van der Waals surface area contributed by atoms with Crippen LogP contribution in [-0.4, -0.2) is 41.3 Å². The average Bonchev–Trinajstić information content (AvgIpc) is 3.10. The summed E-state index contributed by atoms with van der Waals surface area (Å²) in [6, 6.07) is 8.35. The zero-order chi connectivity index (χ0) is 24.8. The van der Waals surface area contributed by atoms with Crippen LogP contribution in [0.2, 0.25) is 0 Å². The van der Waals surface area contributed by atoms with Gasteiger partial charge in [-0.25, -0.2) is 0 Å². The van der Waals surface area contributed by atoms with Crippen LogP contribution in [0.3, 0.4) is 0 Å². The molecule has 1 fully saturated rings. The molecule has 2 aromatic carbocycles. The number of carbonyl (C=O) groups excluding carboxylic acids is 3. The lowest BCUT2D eigenvalue weighted by Gasteiger charge is -2.14. The maximum Gasteiger partial charge on any atom is 0.387 e. The Labute approximate surface area is 191 Å². The van der Waals surface area contributed by atoms with Gasteiger partial charge in [-0.3, -0.25) is 29.4 Å². The molecular weight excluding hydrogens is 456 g/mol. The van der Waals surface area contributed by atoms with Gasteiger partial charge in [0.25, 0.3) is 5.69 Å². The number of hydrogen-bond acceptors (Lipinski definition) is 7. The molecule has 10 nitrogen and oxygen atoms in total. The Morgan fingerprint density at radius 3 is 2.38 bits per heavy atom. The summed E-state index contributed by atoms with van der Waals surface area (Å²) in [4.78, 5) is 47.4. The third-order valence-electron chi connectivity index (χ3n) is 4.86. The fourth-order valence-electron chi connectivity index (χ4n) is 3.23. The molecule has 34 heavy (non-hydrogen) atoms. The van der Waals surface area contributed by atoms with Gasteiger partial charge in [0.05, 0.1) is 30.2 Å². The van der Waals surface area contributed by atoms with E-state index in [2.05, 4.69) is 10.1 Å². The third kappa shape index (κ3) is 5.91. The van der Waals surface area contributed by atoms with Crippen LogP contribution in [0.4, 0.5) is 20.2 Å². The van der Waals surface area contributed by atoms with Gasteiger partial charge in [-0.15, -0.1) is 0 Å². The van der Waals surface area contributed by atoms with Gasteiger partial charge in [-0.05, 0) is 29.8 Å². The Kier molecular flexibility index (Phi) is 7.51. The minimum Gasteiger partial charge on any atom is -0.493 e. The fourth-order valence-corrected chi connectivity index (χ4v) is 3.23. The SMILES string of the molecule is COc1cc(/C=C/C(=O)Nc2ccc(CN3C(=O)CCC3=O)cc2)c([N+](=O)[O-])cc1OC(F)F. The fraction of sp³-hybridized carbons (Fsp3) is 0.227.